The third-order valence-corrected chi connectivity index (χ3v) is 4.41. The number of hydrogen-bond donors (Lipinski definition) is 3. The molecule has 0 spiro atoms. The van der Waals surface area contributed by atoms with Crippen LogP contribution in [0.1, 0.15) is 53.4 Å². The van der Waals surface area contributed by atoms with E-state index in [2.05, 4.69) is 20.9 Å². The van der Waals surface area contributed by atoms with Crippen molar-refractivity contribution >= 4 is 11.9 Å². The molecular weight excluding hydrogens is 333 g/mol. The van der Waals surface area contributed by atoms with Gasteiger partial charge < -0.3 is 16.0 Å². The van der Waals surface area contributed by atoms with Gasteiger partial charge in [0.2, 0.25) is 5.91 Å². The molecule has 2 unspecified atom stereocenters. The lowest BCUT2D eigenvalue weighted by Crippen LogP contribution is -2.47. The number of halogens is 3. The van der Waals surface area contributed by atoms with Crippen LogP contribution >= 0.6 is 0 Å². The number of nitrogens with zero attached hydrogens (tertiary/aromatic N) is 1. The molecule has 0 bridgehead atoms. The molecule has 0 saturated heterocycles. The molecule has 0 aromatic rings. The van der Waals surface area contributed by atoms with Crippen LogP contribution in [0.15, 0.2) is 4.99 Å². The molecule has 0 aliphatic heterocycles. The third-order valence-electron chi connectivity index (χ3n) is 4.41. The molecule has 0 heterocycles. The van der Waals surface area contributed by atoms with Crippen molar-refractivity contribution in [2.24, 2.45) is 16.3 Å². The van der Waals surface area contributed by atoms with Crippen molar-refractivity contribution in [3.63, 3.8) is 0 Å². The monoisotopic (exact) mass is 364 g/mol. The van der Waals surface area contributed by atoms with Crippen molar-refractivity contribution < 1.29 is 18.0 Å². The van der Waals surface area contributed by atoms with E-state index >= 15 is 0 Å². The van der Waals surface area contributed by atoms with Crippen LogP contribution in [0.25, 0.3) is 0 Å². The molecule has 146 valence electrons. The van der Waals surface area contributed by atoms with E-state index in [1.807, 2.05) is 13.8 Å². The van der Waals surface area contributed by atoms with Crippen LogP contribution in [0.4, 0.5) is 13.2 Å². The van der Waals surface area contributed by atoms with Gasteiger partial charge >= 0.3 is 6.18 Å². The Hall–Kier alpha value is -1.47. The maximum Gasteiger partial charge on any atom is 0.391 e. The number of rotatable bonds is 6. The van der Waals surface area contributed by atoms with Crippen LogP contribution in [-0.2, 0) is 4.79 Å². The van der Waals surface area contributed by atoms with Gasteiger partial charge in [-0.1, -0.05) is 6.42 Å². The molecule has 25 heavy (non-hydrogen) atoms. The Labute approximate surface area is 148 Å². The van der Waals surface area contributed by atoms with E-state index in [0.29, 0.717) is 31.9 Å². The Morgan fingerprint density at radius 3 is 2.32 bits per heavy atom. The molecule has 1 fully saturated rings. The predicted octanol–water partition coefficient (Wildman–Crippen LogP) is 2.82. The lowest BCUT2D eigenvalue weighted by molar-refractivity contribution is -0.183. The van der Waals surface area contributed by atoms with E-state index in [1.54, 1.807) is 13.8 Å². The molecule has 1 amide bonds. The maximum absolute atomic E-state index is 12.9. The zero-order valence-corrected chi connectivity index (χ0v) is 15.6. The number of amides is 1. The molecule has 5 nitrogen and oxygen atoms in total. The van der Waals surface area contributed by atoms with Crippen molar-refractivity contribution in [2.45, 2.75) is 65.6 Å². The zero-order chi connectivity index (χ0) is 19.1. The van der Waals surface area contributed by atoms with Gasteiger partial charge in [-0.25, -0.2) is 0 Å². The first-order valence-corrected chi connectivity index (χ1v) is 9.00. The fourth-order valence-corrected chi connectivity index (χ4v) is 2.88. The van der Waals surface area contributed by atoms with E-state index in [0.717, 1.165) is 0 Å². The first-order valence-electron chi connectivity index (χ1n) is 9.00. The number of alkyl halides is 3. The summed E-state index contributed by atoms with van der Waals surface area (Å²) in [5.41, 5.74) is -0.681. The highest BCUT2D eigenvalue weighted by Crippen LogP contribution is 2.37. The van der Waals surface area contributed by atoms with E-state index in [1.165, 1.54) is 0 Å². The first kappa shape index (κ1) is 21.6. The summed E-state index contributed by atoms with van der Waals surface area (Å²) in [4.78, 5) is 16.5. The van der Waals surface area contributed by atoms with Crippen molar-refractivity contribution in [1.82, 2.24) is 16.0 Å². The molecule has 0 radical (unpaired) electrons. The summed E-state index contributed by atoms with van der Waals surface area (Å²) in [5.74, 6) is -0.884. The molecule has 1 saturated carbocycles. The molecule has 8 heteroatoms. The zero-order valence-electron chi connectivity index (χ0n) is 15.6. The van der Waals surface area contributed by atoms with E-state index < -0.39 is 17.5 Å². The molecule has 0 aromatic carbocycles. The topological polar surface area (TPSA) is 65.5 Å². The third kappa shape index (κ3) is 7.12. The van der Waals surface area contributed by atoms with Crippen LogP contribution < -0.4 is 16.0 Å². The summed E-state index contributed by atoms with van der Waals surface area (Å²) in [6.07, 6.45) is -2.65. The second-order valence-electron chi connectivity index (χ2n) is 7.18. The van der Waals surface area contributed by atoms with Gasteiger partial charge in [0.1, 0.15) is 0 Å². The number of carbonyl (C=O) groups excluding carboxylic acids is 1. The van der Waals surface area contributed by atoms with Gasteiger partial charge in [-0.15, -0.1) is 0 Å². The Bertz CT molecular complexity index is 463. The lowest BCUT2D eigenvalue weighted by Gasteiger charge is -2.32. The van der Waals surface area contributed by atoms with Gasteiger partial charge in [-0.05, 0) is 47.0 Å². The van der Waals surface area contributed by atoms with Gasteiger partial charge in [0.25, 0.3) is 0 Å². The molecule has 1 rings (SSSR count). The van der Waals surface area contributed by atoms with Gasteiger partial charge in [-0.3, -0.25) is 9.79 Å². The smallest absolute Gasteiger partial charge is 0.357 e. The number of aliphatic imine (C=N–C) groups is 1. The van der Waals surface area contributed by atoms with Crippen LogP contribution in [0, 0.1) is 11.3 Å². The molecule has 0 aromatic heterocycles. The Balaban J connectivity index is 2.71. The molecule has 2 atom stereocenters. The highest BCUT2D eigenvalue weighted by molar-refractivity contribution is 5.83. The molecule has 1 aliphatic carbocycles. The Morgan fingerprint density at radius 1 is 1.12 bits per heavy atom. The van der Waals surface area contributed by atoms with Crippen LogP contribution in [0.2, 0.25) is 0 Å². The summed E-state index contributed by atoms with van der Waals surface area (Å²) in [6.45, 7) is 8.74. The summed E-state index contributed by atoms with van der Waals surface area (Å²) in [5, 5.41) is 8.93. The number of hydrogen-bond acceptors (Lipinski definition) is 2. The Morgan fingerprint density at radius 2 is 1.76 bits per heavy atom. The summed E-state index contributed by atoms with van der Waals surface area (Å²) >= 11 is 0. The molecule has 3 N–H and O–H groups in total. The average molecular weight is 364 g/mol. The van der Waals surface area contributed by atoms with E-state index in [4.69, 9.17) is 0 Å². The number of carbonyl (C=O) groups is 1. The largest absolute Gasteiger partial charge is 0.391 e. The SMILES string of the molecule is CCNC(=O)C(C)(C)CN=C(NCC)NC1CCCC(C(F)(F)F)C1. The quantitative estimate of drug-likeness (QED) is 0.502. The van der Waals surface area contributed by atoms with Crippen molar-refractivity contribution in [1.29, 1.82) is 0 Å². The van der Waals surface area contributed by atoms with Crippen LogP contribution in [0.3, 0.4) is 0 Å². The minimum absolute atomic E-state index is 0.0631. The van der Waals surface area contributed by atoms with E-state index in [-0.39, 0.29) is 31.3 Å². The second kappa shape index (κ2) is 9.29. The van der Waals surface area contributed by atoms with Crippen molar-refractivity contribution in [2.75, 3.05) is 19.6 Å². The fraction of sp³-hybridized carbons (Fsp3) is 0.882. The number of nitrogens with one attached hydrogen (secondary N) is 3. The predicted molar refractivity (Wildman–Crippen MR) is 93.4 cm³/mol. The van der Waals surface area contributed by atoms with Gasteiger partial charge in [0, 0.05) is 19.1 Å². The van der Waals surface area contributed by atoms with Crippen LogP contribution in [0.5, 0.6) is 0 Å². The summed E-state index contributed by atoms with van der Waals surface area (Å²) in [6, 6.07) is -0.259. The average Bonchev–Trinajstić information content (AvgIpc) is 2.52. The molecule has 1 aliphatic rings. The highest BCUT2D eigenvalue weighted by Gasteiger charge is 2.42. The second-order valence-corrected chi connectivity index (χ2v) is 7.18. The molecular formula is C17H31F3N4O. The minimum atomic E-state index is -4.14. The van der Waals surface area contributed by atoms with Crippen LogP contribution in [-0.4, -0.2) is 43.7 Å². The number of guanidine groups is 1. The lowest BCUT2D eigenvalue weighted by atomic mass is 9.85. The fourth-order valence-electron chi connectivity index (χ4n) is 2.88. The van der Waals surface area contributed by atoms with Gasteiger partial charge in [0.15, 0.2) is 5.96 Å². The van der Waals surface area contributed by atoms with E-state index in [9.17, 15) is 18.0 Å². The normalized spacial score (nSPS) is 22.4. The van der Waals surface area contributed by atoms with Crippen molar-refractivity contribution in [3.8, 4) is 0 Å². The summed E-state index contributed by atoms with van der Waals surface area (Å²) in [7, 11) is 0. The first-order chi connectivity index (χ1) is 11.6. The van der Waals surface area contributed by atoms with Gasteiger partial charge in [0.05, 0.1) is 17.9 Å². The maximum atomic E-state index is 12.9. The highest BCUT2D eigenvalue weighted by atomic mass is 19.4. The van der Waals surface area contributed by atoms with Gasteiger partial charge in [-0.2, -0.15) is 13.2 Å². The van der Waals surface area contributed by atoms with Crippen molar-refractivity contribution in [3.05, 3.63) is 0 Å². The summed E-state index contributed by atoms with van der Waals surface area (Å²) < 4.78 is 38.8. The minimum Gasteiger partial charge on any atom is -0.357 e. The Kier molecular flexibility index (Phi) is 8.02. The standard InChI is InChI=1S/C17H31F3N4O/c1-5-21-14(25)16(3,4)11-23-15(22-6-2)24-13-9-7-8-12(10-13)17(18,19)20/h12-13H,5-11H2,1-4H3,(H,21,25)(H2,22,23,24).